The Balaban J connectivity index is 5.21. The largest absolute Gasteiger partial charge is 0.508 e. The monoisotopic (exact) mass is 246 g/mol. The van der Waals surface area contributed by atoms with Gasteiger partial charge in [-0.3, -0.25) is 0 Å². The van der Waals surface area contributed by atoms with Crippen molar-refractivity contribution in [3.05, 3.63) is 24.8 Å². The fraction of sp³-hybridized carbons (Fsp3) is 0.500. The van der Waals surface area contributed by atoms with Gasteiger partial charge in [0, 0.05) is 26.9 Å². The Morgan fingerprint density at radius 2 is 1.81 bits per heavy atom. The molecule has 1 unspecified atom stereocenters. The molecule has 6 heteroatoms. The Morgan fingerprint density at radius 3 is 2.06 bits per heavy atom. The summed E-state index contributed by atoms with van der Waals surface area (Å²) >= 11 is 0. The highest BCUT2D eigenvalue weighted by Crippen LogP contribution is 2.34. The predicted octanol–water partition coefficient (Wildman–Crippen LogP) is 1.45. The Bertz CT molecular complexity index is 264. The third-order valence-corrected chi connectivity index (χ3v) is 5.52. The van der Waals surface area contributed by atoms with Gasteiger partial charge in [-0.25, -0.2) is 4.79 Å². The molecule has 0 fully saturated rings. The smallest absolute Gasteiger partial charge is 0.478 e. The summed E-state index contributed by atoms with van der Waals surface area (Å²) in [6, 6.07) is 0. The maximum absolute atomic E-state index is 10.9. The van der Waals surface area contributed by atoms with Gasteiger partial charge in [0.05, 0.1) is 5.54 Å². The molecule has 1 atom stereocenters. The topological polar surface area (TPSA) is 65.0 Å². The Hall–Kier alpha value is -0.953. The van der Waals surface area contributed by atoms with Crippen LogP contribution in [0.5, 0.6) is 0 Å². The van der Waals surface area contributed by atoms with Gasteiger partial charge in [0.25, 0.3) is 0 Å². The van der Waals surface area contributed by atoms with E-state index in [-0.39, 0.29) is 5.57 Å². The number of aliphatic carboxylic acids is 1. The molecule has 0 aromatic heterocycles. The van der Waals surface area contributed by atoms with E-state index in [0.29, 0.717) is 6.42 Å². The molecule has 0 radical (unpaired) electrons. The zero-order valence-electron chi connectivity index (χ0n) is 9.86. The second-order valence-electron chi connectivity index (χ2n) is 3.12. The minimum absolute atomic E-state index is 0.0112. The molecule has 0 aliphatic heterocycles. The second-order valence-corrected chi connectivity index (χ2v) is 6.25. The number of hydrogen-bond acceptors (Lipinski definition) is 4. The summed E-state index contributed by atoms with van der Waals surface area (Å²) in [5, 5.41) is 8.95. The van der Waals surface area contributed by atoms with Gasteiger partial charge < -0.3 is 18.4 Å². The molecule has 0 aromatic rings. The van der Waals surface area contributed by atoms with Crippen molar-refractivity contribution in [2.75, 3.05) is 21.3 Å². The molecule has 0 heterocycles. The van der Waals surface area contributed by atoms with Crippen LogP contribution in [0.1, 0.15) is 6.42 Å². The standard InChI is InChI=1S/C10H18O5Si/c1-6-7-9(8(2)10(11)12)16(13-3,14-4)15-5/h6,9H,1-2,7H2,3-5H3,(H,11,12). The van der Waals surface area contributed by atoms with Gasteiger partial charge in [0.1, 0.15) is 0 Å². The maximum Gasteiger partial charge on any atom is 0.508 e. The van der Waals surface area contributed by atoms with Crippen LogP contribution in [0.4, 0.5) is 0 Å². The van der Waals surface area contributed by atoms with Crippen LogP contribution in [-0.2, 0) is 18.1 Å². The minimum atomic E-state index is -3.05. The number of hydrogen-bond donors (Lipinski definition) is 1. The van der Waals surface area contributed by atoms with Gasteiger partial charge in [0.15, 0.2) is 0 Å². The third-order valence-electron chi connectivity index (χ3n) is 2.38. The highest BCUT2D eigenvalue weighted by Gasteiger charge is 2.49. The molecule has 0 spiro atoms. The normalized spacial score (nSPS) is 13.2. The van der Waals surface area contributed by atoms with Crippen LogP contribution in [0.15, 0.2) is 24.8 Å². The van der Waals surface area contributed by atoms with Crippen LogP contribution in [-0.4, -0.2) is 41.2 Å². The summed E-state index contributed by atoms with van der Waals surface area (Å²) in [6.45, 7) is 7.11. The molecular formula is C10H18O5Si. The molecule has 0 aliphatic rings. The Labute approximate surface area is 96.7 Å². The first-order chi connectivity index (χ1) is 7.48. The number of carbonyl (C=O) groups is 1. The van der Waals surface area contributed by atoms with E-state index >= 15 is 0 Å². The van der Waals surface area contributed by atoms with Crippen molar-refractivity contribution in [2.45, 2.75) is 12.0 Å². The SMILES string of the molecule is C=CCC(C(=C)C(=O)O)[Si](OC)(OC)OC. The van der Waals surface area contributed by atoms with Gasteiger partial charge in [-0.1, -0.05) is 12.7 Å². The van der Waals surface area contributed by atoms with Crippen molar-refractivity contribution in [1.82, 2.24) is 0 Å². The van der Waals surface area contributed by atoms with E-state index in [2.05, 4.69) is 13.2 Å². The molecule has 0 aromatic carbocycles. The molecule has 16 heavy (non-hydrogen) atoms. The molecule has 0 saturated carbocycles. The number of rotatable bonds is 8. The quantitative estimate of drug-likeness (QED) is 0.399. The van der Waals surface area contributed by atoms with Crippen molar-refractivity contribution in [3.8, 4) is 0 Å². The molecule has 92 valence electrons. The first-order valence-corrected chi connectivity index (χ1v) is 6.47. The fourth-order valence-electron chi connectivity index (χ4n) is 1.49. The van der Waals surface area contributed by atoms with Gasteiger partial charge in [-0.15, -0.1) is 6.58 Å². The summed E-state index contributed by atoms with van der Waals surface area (Å²) in [7, 11) is 1.26. The fourth-order valence-corrected chi connectivity index (χ4v) is 3.85. The molecular weight excluding hydrogens is 228 g/mol. The number of allylic oxidation sites excluding steroid dienone is 1. The summed E-state index contributed by atoms with van der Waals surface area (Å²) in [6.07, 6.45) is 1.98. The van der Waals surface area contributed by atoms with E-state index in [1.807, 2.05) is 0 Å². The van der Waals surface area contributed by atoms with Crippen LogP contribution < -0.4 is 0 Å². The average molecular weight is 246 g/mol. The third kappa shape index (κ3) is 3.02. The first kappa shape index (κ1) is 15.0. The summed E-state index contributed by atoms with van der Waals surface area (Å²) in [4.78, 5) is 10.9. The van der Waals surface area contributed by atoms with Crippen molar-refractivity contribution in [2.24, 2.45) is 0 Å². The lowest BCUT2D eigenvalue weighted by Gasteiger charge is -2.31. The minimum Gasteiger partial charge on any atom is -0.478 e. The zero-order valence-corrected chi connectivity index (χ0v) is 10.9. The van der Waals surface area contributed by atoms with E-state index in [1.165, 1.54) is 21.3 Å². The van der Waals surface area contributed by atoms with E-state index in [9.17, 15) is 4.79 Å². The Kier molecular flexibility index (Phi) is 6.20. The average Bonchev–Trinajstić information content (AvgIpc) is 2.29. The van der Waals surface area contributed by atoms with Crippen molar-refractivity contribution in [3.63, 3.8) is 0 Å². The predicted molar refractivity (Wildman–Crippen MR) is 62.1 cm³/mol. The lowest BCUT2D eigenvalue weighted by Crippen LogP contribution is -2.48. The molecule has 5 nitrogen and oxygen atoms in total. The number of carboxylic acid groups (broad SMARTS) is 1. The van der Waals surface area contributed by atoms with E-state index in [1.54, 1.807) is 6.08 Å². The highest BCUT2D eigenvalue weighted by atomic mass is 28.4. The molecule has 0 aliphatic carbocycles. The van der Waals surface area contributed by atoms with Gasteiger partial charge in [0.2, 0.25) is 0 Å². The summed E-state index contributed by atoms with van der Waals surface area (Å²) in [5.41, 5.74) is -0.514. The van der Waals surface area contributed by atoms with Crippen molar-refractivity contribution in [1.29, 1.82) is 0 Å². The van der Waals surface area contributed by atoms with E-state index < -0.39 is 20.3 Å². The molecule has 0 amide bonds. The molecule has 1 N–H and O–H groups in total. The molecule has 0 bridgehead atoms. The van der Waals surface area contributed by atoms with Gasteiger partial charge in [-0.2, -0.15) is 0 Å². The summed E-state index contributed by atoms with van der Waals surface area (Å²) in [5.74, 6) is -1.09. The van der Waals surface area contributed by atoms with Crippen LogP contribution >= 0.6 is 0 Å². The van der Waals surface area contributed by atoms with Crippen LogP contribution in [0.25, 0.3) is 0 Å². The summed E-state index contributed by atoms with van der Waals surface area (Å²) < 4.78 is 15.7. The lowest BCUT2D eigenvalue weighted by atomic mass is 10.1. The highest BCUT2D eigenvalue weighted by molar-refractivity contribution is 6.63. The lowest BCUT2D eigenvalue weighted by molar-refractivity contribution is -0.132. The van der Waals surface area contributed by atoms with Crippen LogP contribution in [0.3, 0.4) is 0 Å². The number of carboxylic acids is 1. The second kappa shape index (κ2) is 6.59. The van der Waals surface area contributed by atoms with Crippen LogP contribution in [0.2, 0.25) is 5.54 Å². The Morgan fingerprint density at radius 1 is 1.38 bits per heavy atom. The van der Waals surface area contributed by atoms with Crippen molar-refractivity contribution < 1.29 is 23.2 Å². The zero-order chi connectivity index (χ0) is 12.8. The van der Waals surface area contributed by atoms with Crippen LogP contribution in [0, 0.1) is 0 Å². The van der Waals surface area contributed by atoms with E-state index in [4.69, 9.17) is 18.4 Å². The van der Waals surface area contributed by atoms with Gasteiger partial charge >= 0.3 is 14.8 Å². The first-order valence-electron chi connectivity index (χ1n) is 4.67. The molecule has 0 rings (SSSR count). The van der Waals surface area contributed by atoms with E-state index in [0.717, 1.165) is 0 Å². The molecule has 0 saturated heterocycles. The maximum atomic E-state index is 10.9. The van der Waals surface area contributed by atoms with Gasteiger partial charge in [-0.05, 0) is 6.42 Å². The van der Waals surface area contributed by atoms with Crippen molar-refractivity contribution >= 4 is 14.8 Å².